The standard InChI is InChI=1S/C9H12O3/c1-6(2)7(3)12-8-4-9(10)11-5-8/h8H,1,3-5H2,2H3. The van der Waals surface area contributed by atoms with Crippen molar-refractivity contribution in [1.29, 1.82) is 0 Å². The highest BCUT2D eigenvalue weighted by molar-refractivity contribution is 5.71. The van der Waals surface area contributed by atoms with Crippen molar-refractivity contribution in [2.45, 2.75) is 19.4 Å². The average molecular weight is 168 g/mol. The van der Waals surface area contributed by atoms with E-state index in [9.17, 15) is 4.79 Å². The topological polar surface area (TPSA) is 35.5 Å². The van der Waals surface area contributed by atoms with Gasteiger partial charge in [-0.1, -0.05) is 13.2 Å². The molecule has 0 saturated carbocycles. The molecule has 3 nitrogen and oxygen atoms in total. The minimum atomic E-state index is -0.213. The van der Waals surface area contributed by atoms with Crippen LogP contribution < -0.4 is 0 Å². The third-order valence-corrected chi connectivity index (χ3v) is 1.61. The van der Waals surface area contributed by atoms with E-state index in [1.807, 2.05) is 0 Å². The van der Waals surface area contributed by atoms with Gasteiger partial charge in [0.2, 0.25) is 0 Å². The Hall–Kier alpha value is -1.25. The van der Waals surface area contributed by atoms with Crippen molar-refractivity contribution in [2.75, 3.05) is 6.61 Å². The van der Waals surface area contributed by atoms with Crippen LogP contribution in [0.1, 0.15) is 13.3 Å². The summed E-state index contributed by atoms with van der Waals surface area (Å²) in [5.41, 5.74) is 0.773. The molecule has 1 heterocycles. The predicted octanol–water partition coefficient (Wildman–Crippen LogP) is 1.41. The van der Waals surface area contributed by atoms with Crippen molar-refractivity contribution in [2.24, 2.45) is 0 Å². The molecule has 1 unspecified atom stereocenters. The molecule has 0 N–H and O–H groups in total. The zero-order valence-corrected chi connectivity index (χ0v) is 7.13. The lowest BCUT2D eigenvalue weighted by Crippen LogP contribution is -2.11. The van der Waals surface area contributed by atoms with Gasteiger partial charge in [0.25, 0.3) is 0 Å². The summed E-state index contributed by atoms with van der Waals surface area (Å²) < 4.78 is 10.0. The Morgan fingerprint density at radius 1 is 1.67 bits per heavy atom. The van der Waals surface area contributed by atoms with Crippen LogP contribution in [0.2, 0.25) is 0 Å². The molecule has 0 aromatic carbocycles. The Labute approximate surface area is 71.7 Å². The van der Waals surface area contributed by atoms with E-state index < -0.39 is 0 Å². The van der Waals surface area contributed by atoms with E-state index >= 15 is 0 Å². The minimum absolute atomic E-state index is 0.179. The van der Waals surface area contributed by atoms with Gasteiger partial charge in [-0.15, -0.1) is 0 Å². The fraction of sp³-hybridized carbons (Fsp3) is 0.444. The van der Waals surface area contributed by atoms with Crippen LogP contribution in [0.4, 0.5) is 0 Å². The normalized spacial score (nSPS) is 21.8. The van der Waals surface area contributed by atoms with Gasteiger partial charge in [-0.25, -0.2) is 0 Å². The molecule has 1 rings (SSSR count). The molecule has 66 valence electrons. The Morgan fingerprint density at radius 3 is 2.75 bits per heavy atom. The van der Waals surface area contributed by atoms with E-state index in [2.05, 4.69) is 13.2 Å². The molecule has 1 atom stereocenters. The van der Waals surface area contributed by atoms with E-state index in [-0.39, 0.29) is 12.1 Å². The SMILES string of the molecule is C=C(C)C(=C)OC1COC(=O)C1. The fourth-order valence-corrected chi connectivity index (χ4v) is 0.867. The largest absolute Gasteiger partial charge is 0.487 e. The highest BCUT2D eigenvalue weighted by Crippen LogP contribution is 2.16. The summed E-state index contributed by atoms with van der Waals surface area (Å²) in [7, 11) is 0. The second kappa shape index (κ2) is 3.43. The molecule has 0 radical (unpaired) electrons. The van der Waals surface area contributed by atoms with Gasteiger partial charge in [0, 0.05) is 0 Å². The number of hydrogen-bond acceptors (Lipinski definition) is 3. The average Bonchev–Trinajstić information content (AvgIpc) is 2.35. The first-order valence-corrected chi connectivity index (χ1v) is 3.76. The molecule has 1 aliphatic rings. The summed E-state index contributed by atoms with van der Waals surface area (Å²) in [6.45, 7) is 9.45. The number of hydrogen-bond donors (Lipinski definition) is 0. The van der Waals surface area contributed by atoms with Crippen molar-refractivity contribution < 1.29 is 14.3 Å². The Morgan fingerprint density at radius 2 is 2.33 bits per heavy atom. The lowest BCUT2D eigenvalue weighted by molar-refractivity contribution is -0.137. The van der Waals surface area contributed by atoms with Crippen LogP contribution in [-0.4, -0.2) is 18.7 Å². The lowest BCUT2D eigenvalue weighted by atomic mass is 10.3. The predicted molar refractivity (Wildman–Crippen MR) is 44.4 cm³/mol. The number of cyclic esters (lactones) is 1. The molecular weight excluding hydrogens is 156 g/mol. The highest BCUT2D eigenvalue weighted by atomic mass is 16.6. The summed E-state index contributed by atoms with van der Waals surface area (Å²) >= 11 is 0. The Kier molecular flexibility index (Phi) is 2.53. The maximum absolute atomic E-state index is 10.7. The van der Waals surface area contributed by atoms with Crippen LogP contribution in [0, 0.1) is 0 Å². The van der Waals surface area contributed by atoms with Gasteiger partial charge >= 0.3 is 5.97 Å². The number of allylic oxidation sites excluding steroid dienone is 1. The van der Waals surface area contributed by atoms with Crippen molar-refractivity contribution in [3.8, 4) is 0 Å². The third kappa shape index (κ3) is 2.12. The molecule has 1 fully saturated rings. The molecule has 0 spiro atoms. The van der Waals surface area contributed by atoms with Crippen molar-refractivity contribution in [1.82, 2.24) is 0 Å². The van der Waals surface area contributed by atoms with Gasteiger partial charge in [0.1, 0.15) is 18.5 Å². The van der Waals surface area contributed by atoms with Gasteiger partial charge in [-0.05, 0) is 12.5 Å². The van der Waals surface area contributed by atoms with E-state index in [1.165, 1.54) is 0 Å². The molecule has 1 saturated heterocycles. The van der Waals surface area contributed by atoms with Gasteiger partial charge in [-0.2, -0.15) is 0 Å². The van der Waals surface area contributed by atoms with Crippen molar-refractivity contribution in [3.63, 3.8) is 0 Å². The molecule has 0 aliphatic carbocycles. The monoisotopic (exact) mass is 168 g/mol. The third-order valence-electron chi connectivity index (χ3n) is 1.61. The van der Waals surface area contributed by atoms with Gasteiger partial charge < -0.3 is 9.47 Å². The number of esters is 1. The van der Waals surface area contributed by atoms with Crippen LogP contribution in [0.15, 0.2) is 24.5 Å². The van der Waals surface area contributed by atoms with E-state index in [4.69, 9.17) is 9.47 Å². The van der Waals surface area contributed by atoms with Crippen LogP contribution in [-0.2, 0) is 14.3 Å². The maximum Gasteiger partial charge on any atom is 0.309 e. The minimum Gasteiger partial charge on any atom is -0.487 e. The van der Waals surface area contributed by atoms with Gasteiger partial charge in [0.15, 0.2) is 0 Å². The lowest BCUT2D eigenvalue weighted by Gasteiger charge is -2.12. The number of carbonyl (C=O) groups is 1. The Balaban J connectivity index is 2.37. The first kappa shape index (κ1) is 8.84. The quantitative estimate of drug-likeness (QED) is 0.363. The van der Waals surface area contributed by atoms with E-state index in [1.54, 1.807) is 6.92 Å². The summed E-state index contributed by atoms with van der Waals surface area (Å²) in [6.07, 6.45) is 0.133. The van der Waals surface area contributed by atoms with Crippen LogP contribution in [0.5, 0.6) is 0 Å². The first-order valence-electron chi connectivity index (χ1n) is 3.76. The molecule has 0 aromatic heterocycles. The summed E-state index contributed by atoms with van der Waals surface area (Å²) in [5.74, 6) is 0.313. The van der Waals surface area contributed by atoms with Crippen molar-refractivity contribution in [3.05, 3.63) is 24.5 Å². The first-order chi connectivity index (χ1) is 5.59. The summed E-state index contributed by atoms with van der Waals surface area (Å²) in [5, 5.41) is 0. The highest BCUT2D eigenvalue weighted by Gasteiger charge is 2.25. The molecule has 12 heavy (non-hydrogen) atoms. The molecule has 0 bridgehead atoms. The number of ether oxygens (including phenoxy) is 2. The molecule has 0 amide bonds. The molecule has 3 heteroatoms. The summed E-state index contributed by atoms with van der Waals surface area (Å²) in [6, 6.07) is 0. The maximum atomic E-state index is 10.7. The van der Waals surface area contributed by atoms with Gasteiger partial charge in [0.05, 0.1) is 6.42 Å². The van der Waals surface area contributed by atoms with E-state index in [0.717, 1.165) is 5.57 Å². The summed E-state index contributed by atoms with van der Waals surface area (Å²) in [4.78, 5) is 10.7. The number of carbonyl (C=O) groups excluding carboxylic acids is 1. The van der Waals surface area contributed by atoms with Crippen LogP contribution >= 0.6 is 0 Å². The Bertz CT molecular complexity index is 230. The van der Waals surface area contributed by atoms with E-state index in [0.29, 0.717) is 18.8 Å². The number of rotatable bonds is 3. The second-order valence-corrected chi connectivity index (χ2v) is 2.83. The van der Waals surface area contributed by atoms with Crippen molar-refractivity contribution >= 4 is 5.97 Å². The smallest absolute Gasteiger partial charge is 0.309 e. The van der Waals surface area contributed by atoms with Gasteiger partial charge in [-0.3, -0.25) is 4.79 Å². The zero-order valence-electron chi connectivity index (χ0n) is 7.13. The molecular formula is C9H12O3. The van der Waals surface area contributed by atoms with Crippen LogP contribution in [0.3, 0.4) is 0 Å². The second-order valence-electron chi connectivity index (χ2n) is 2.83. The fourth-order valence-electron chi connectivity index (χ4n) is 0.867. The zero-order chi connectivity index (χ0) is 9.14. The molecule has 1 aliphatic heterocycles. The van der Waals surface area contributed by atoms with Crippen LogP contribution in [0.25, 0.3) is 0 Å². The molecule has 0 aromatic rings.